The summed E-state index contributed by atoms with van der Waals surface area (Å²) >= 11 is 5.80. The van der Waals surface area contributed by atoms with E-state index in [0.29, 0.717) is 36.0 Å². The Morgan fingerprint density at radius 2 is 1.70 bits per heavy atom. The molecule has 3 saturated heterocycles. The molecule has 3 amide bonds. The van der Waals surface area contributed by atoms with Gasteiger partial charge in [-0.15, -0.1) is 0 Å². The highest BCUT2D eigenvalue weighted by Gasteiger charge is 2.45. The lowest BCUT2D eigenvalue weighted by Gasteiger charge is -2.39. The van der Waals surface area contributed by atoms with Gasteiger partial charge in [0.1, 0.15) is 6.04 Å². The molecule has 0 bridgehead atoms. The normalized spacial score (nSPS) is 23.5. The van der Waals surface area contributed by atoms with Crippen LogP contribution in [0.1, 0.15) is 65.1 Å². The van der Waals surface area contributed by atoms with Gasteiger partial charge in [0.15, 0.2) is 0 Å². The van der Waals surface area contributed by atoms with Gasteiger partial charge in [0.05, 0.1) is 30.0 Å². The Bertz CT molecular complexity index is 1670. The third-order valence-corrected chi connectivity index (χ3v) is 10.0. The molecular formula is C34H36ClF2N7O3. The standard InChI is InChI=1S/C34H36ClF2N7O3/c35-25-16-38-33(39-17-25)40-29-11-14-43(20-34(29,36)37)26-4-1-21(2-5-26)18-42-12-9-22(10-13-42)23-3-6-27-24(15-23)19-44(32(27)47)28-7-8-30(45)41-31(28)46/h1-6,15-17,22,28-29H,7-14,18-20H2,(H,38,39,40)(H,41,45,46)/t28?,29-/m0/s1. The van der Waals surface area contributed by atoms with Crippen LogP contribution in [0, 0.1) is 0 Å². The minimum absolute atomic E-state index is 0.142. The average Bonchev–Trinajstić information content (AvgIpc) is 3.38. The summed E-state index contributed by atoms with van der Waals surface area (Å²) in [5, 5.41) is 5.47. The summed E-state index contributed by atoms with van der Waals surface area (Å²) in [5.41, 5.74) is 4.70. The van der Waals surface area contributed by atoms with E-state index in [-0.39, 0.29) is 30.6 Å². The number of likely N-dealkylation sites (tertiary alicyclic amines) is 1. The number of nitrogens with one attached hydrogen (secondary N) is 2. The van der Waals surface area contributed by atoms with Crippen molar-refractivity contribution in [2.75, 3.05) is 36.4 Å². The third kappa shape index (κ3) is 6.66. The van der Waals surface area contributed by atoms with Crippen molar-refractivity contribution in [1.29, 1.82) is 0 Å². The van der Waals surface area contributed by atoms with Crippen LogP contribution in [0.3, 0.4) is 0 Å². The second-order valence-electron chi connectivity index (χ2n) is 12.9. The van der Waals surface area contributed by atoms with Crippen molar-refractivity contribution >= 4 is 41.0 Å². The van der Waals surface area contributed by atoms with E-state index in [4.69, 9.17) is 11.6 Å². The number of imide groups is 1. The second-order valence-corrected chi connectivity index (χ2v) is 13.4. The van der Waals surface area contributed by atoms with Crippen molar-refractivity contribution in [3.8, 4) is 0 Å². The van der Waals surface area contributed by atoms with Gasteiger partial charge in [-0.25, -0.2) is 18.7 Å². The zero-order chi connectivity index (χ0) is 32.7. The fourth-order valence-electron chi connectivity index (χ4n) is 7.22. The van der Waals surface area contributed by atoms with Crippen molar-refractivity contribution in [2.45, 2.75) is 69.1 Å². The maximum absolute atomic E-state index is 15.1. The molecule has 4 aliphatic heterocycles. The molecule has 4 aliphatic rings. The van der Waals surface area contributed by atoms with E-state index in [9.17, 15) is 14.4 Å². The van der Waals surface area contributed by atoms with Crippen LogP contribution in [-0.4, -0.2) is 81.7 Å². The van der Waals surface area contributed by atoms with Crippen molar-refractivity contribution in [1.82, 2.24) is 25.1 Å². The molecule has 47 heavy (non-hydrogen) atoms. The first kappa shape index (κ1) is 31.4. The van der Waals surface area contributed by atoms with Crippen LogP contribution in [0.15, 0.2) is 54.9 Å². The molecule has 3 fully saturated rings. The molecule has 3 aromatic rings. The monoisotopic (exact) mass is 663 g/mol. The molecule has 1 unspecified atom stereocenters. The fraction of sp³-hybridized carbons (Fsp3) is 0.441. The number of rotatable bonds is 7. The maximum atomic E-state index is 15.1. The molecule has 13 heteroatoms. The number of alkyl halides is 2. The van der Waals surface area contributed by atoms with E-state index in [2.05, 4.69) is 31.6 Å². The Kier molecular flexibility index (Phi) is 8.56. The Balaban J connectivity index is 0.903. The third-order valence-electron chi connectivity index (χ3n) is 9.84. The second kappa shape index (κ2) is 12.8. The first-order chi connectivity index (χ1) is 22.6. The summed E-state index contributed by atoms with van der Waals surface area (Å²) < 4.78 is 30.2. The highest BCUT2D eigenvalue weighted by molar-refractivity contribution is 6.30. The zero-order valence-electron chi connectivity index (χ0n) is 25.8. The molecular weight excluding hydrogens is 628 g/mol. The Morgan fingerprint density at radius 1 is 0.957 bits per heavy atom. The molecule has 2 N–H and O–H groups in total. The number of anilines is 2. The molecule has 10 nitrogen and oxygen atoms in total. The Morgan fingerprint density at radius 3 is 2.40 bits per heavy atom. The van der Waals surface area contributed by atoms with Crippen molar-refractivity contribution in [2.24, 2.45) is 0 Å². The van der Waals surface area contributed by atoms with E-state index in [1.807, 2.05) is 36.4 Å². The van der Waals surface area contributed by atoms with Gasteiger partial charge in [0, 0.05) is 37.3 Å². The van der Waals surface area contributed by atoms with Crippen LogP contribution in [0.2, 0.25) is 5.02 Å². The van der Waals surface area contributed by atoms with Gasteiger partial charge in [-0.05, 0) is 79.6 Å². The molecule has 2 atom stereocenters. The van der Waals surface area contributed by atoms with Crippen LogP contribution < -0.4 is 15.5 Å². The number of hydrogen-bond acceptors (Lipinski definition) is 8. The number of benzene rings is 2. The maximum Gasteiger partial charge on any atom is 0.284 e. The molecule has 2 aromatic carbocycles. The van der Waals surface area contributed by atoms with Crippen LogP contribution in [0.5, 0.6) is 0 Å². The van der Waals surface area contributed by atoms with Gasteiger partial charge in [-0.2, -0.15) is 0 Å². The van der Waals surface area contributed by atoms with Crippen molar-refractivity contribution in [3.63, 3.8) is 0 Å². The summed E-state index contributed by atoms with van der Waals surface area (Å²) in [6, 6.07) is 12.3. The molecule has 0 aliphatic carbocycles. The summed E-state index contributed by atoms with van der Waals surface area (Å²) in [5.74, 6) is -3.29. The van der Waals surface area contributed by atoms with E-state index in [0.717, 1.165) is 49.3 Å². The van der Waals surface area contributed by atoms with Gasteiger partial charge >= 0.3 is 0 Å². The molecule has 0 saturated carbocycles. The lowest BCUT2D eigenvalue weighted by Crippen LogP contribution is -2.54. The lowest BCUT2D eigenvalue weighted by atomic mass is 9.87. The van der Waals surface area contributed by atoms with Gasteiger partial charge in [0.25, 0.3) is 11.8 Å². The first-order valence-electron chi connectivity index (χ1n) is 16.1. The number of piperidine rings is 3. The van der Waals surface area contributed by atoms with E-state index >= 15 is 8.78 Å². The first-order valence-corrected chi connectivity index (χ1v) is 16.5. The van der Waals surface area contributed by atoms with Crippen LogP contribution in [-0.2, 0) is 22.7 Å². The van der Waals surface area contributed by atoms with Gasteiger partial charge in [-0.3, -0.25) is 24.6 Å². The Labute approximate surface area is 276 Å². The summed E-state index contributed by atoms with van der Waals surface area (Å²) in [4.78, 5) is 50.7. The molecule has 0 spiro atoms. The average molecular weight is 664 g/mol. The quantitative estimate of drug-likeness (QED) is 0.353. The van der Waals surface area contributed by atoms with Gasteiger partial charge in [-0.1, -0.05) is 35.9 Å². The fourth-order valence-corrected chi connectivity index (χ4v) is 7.32. The smallest absolute Gasteiger partial charge is 0.284 e. The number of hydrogen-bond donors (Lipinski definition) is 2. The van der Waals surface area contributed by atoms with E-state index < -0.39 is 30.5 Å². The van der Waals surface area contributed by atoms with E-state index in [1.54, 1.807) is 9.80 Å². The molecule has 1 aromatic heterocycles. The molecule has 246 valence electrons. The molecule has 7 rings (SSSR count). The molecule has 5 heterocycles. The van der Waals surface area contributed by atoms with Gasteiger partial charge < -0.3 is 15.1 Å². The SMILES string of the molecule is O=C1CCC(N2Cc3cc(C4CCN(Cc5ccc(N6CC[C@H](Nc7ncc(Cl)cn7)C(F)(F)C6)cc5)CC4)ccc3C2=O)C(=O)N1. The Hall–Kier alpha value is -4.16. The predicted octanol–water partition coefficient (Wildman–Crippen LogP) is 4.60. The van der Waals surface area contributed by atoms with Crippen molar-refractivity contribution < 1.29 is 23.2 Å². The minimum atomic E-state index is -2.97. The zero-order valence-corrected chi connectivity index (χ0v) is 26.6. The largest absolute Gasteiger partial charge is 0.365 e. The number of nitrogens with zero attached hydrogens (tertiary/aromatic N) is 5. The topological polar surface area (TPSA) is 111 Å². The minimum Gasteiger partial charge on any atom is -0.365 e. The predicted molar refractivity (Wildman–Crippen MR) is 172 cm³/mol. The number of carbonyl (C=O) groups excluding carboxylic acids is 3. The van der Waals surface area contributed by atoms with Crippen molar-refractivity contribution in [3.05, 3.63) is 82.1 Å². The van der Waals surface area contributed by atoms with Crippen LogP contribution in [0.25, 0.3) is 0 Å². The number of amides is 3. The summed E-state index contributed by atoms with van der Waals surface area (Å²) in [6.45, 7) is 3.12. The highest BCUT2D eigenvalue weighted by atomic mass is 35.5. The number of halogens is 3. The summed E-state index contributed by atoms with van der Waals surface area (Å²) in [6.07, 6.45) is 5.58. The van der Waals surface area contributed by atoms with Gasteiger partial charge in [0.2, 0.25) is 17.8 Å². The molecule has 0 radical (unpaired) electrons. The van der Waals surface area contributed by atoms with Crippen LogP contribution in [0.4, 0.5) is 20.4 Å². The summed E-state index contributed by atoms with van der Waals surface area (Å²) in [7, 11) is 0. The number of fused-ring (bicyclic) bond motifs is 1. The lowest BCUT2D eigenvalue weighted by molar-refractivity contribution is -0.136. The number of carbonyl (C=O) groups is 3. The number of aromatic nitrogens is 2. The van der Waals surface area contributed by atoms with E-state index in [1.165, 1.54) is 18.0 Å². The van der Waals surface area contributed by atoms with Crippen LogP contribution >= 0.6 is 11.6 Å². The highest BCUT2D eigenvalue weighted by Crippen LogP contribution is 2.35.